The summed E-state index contributed by atoms with van der Waals surface area (Å²) in [7, 11) is 0. The maximum absolute atomic E-state index is 12.2. The molecule has 122 valence electrons. The summed E-state index contributed by atoms with van der Waals surface area (Å²) in [6, 6.07) is 11.6. The summed E-state index contributed by atoms with van der Waals surface area (Å²) in [5, 5.41) is 6.75. The molecule has 6 nitrogen and oxygen atoms in total. The van der Waals surface area contributed by atoms with Gasteiger partial charge in [-0.3, -0.25) is 4.79 Å². The molecule has 0 unspecified atom stereocenters. The first-order valence-corrected chi connectivity index (χ1v) is 8.08. The third-order valence-electron chi connectivity index (χ3n) is 4.07. The van der Waals surface area contributed by atoms with Crippen molar-refractivity contribution in [2.75, 3.05) is 0 Å². The van der Waals surface area contributed by atoms with E-state index < -0.39 is 0 Å². The molecule has 6 heteroatoms. The lowest BCUT2D eigenvalue weighted by atomic mass is 10.1. The lowest BCUT2D eigenvalue weighted by Gasteiger charge is -2.06. The lowest BCUT2D eigenvalue weighted by Crippen LogP contribution is -2.23. The number of hydrogen-bond donors (Lipinski definition) is 1. The van der Waals surface area contributed by atoms with E-state index in [0.717, 1.165) is 30.8 Å². The van der Waals surface area contributed by atoms with Gasteiger partial charge in [-0.25, -0.2) is 0 Å². The van der Waals surface area contributed by atoms with Crippen LogP contribution in [-0.4, -0.2) is 20.6 Å². The van der Waals surface area contributed by atoms with Gasteiger partial charge >= 0.3 is 0 Å². The third-order valence-corrected chi connectivity index (χ3v) is 4.07. The van der Waals surface area contributed by atoms with Gasteiger partial charge < -0.3 is 14.4 Å². The number of carbonyl (C=O) groups is 1. The van der Waals surface area contributed by atoms with Crippen molar-refractivity contribution in [3.05, 3.63) is 71.6 Å². The summed E-state index contributed by atoms with van der Waals surface area (Å²) in [6.45, 7) is 1.05. The standard InChI is InChI=1S/C18H18N4O2/c23-18(19-11-16-20-17(21-24-16)14-7-8-14)15-5-3-13(4-6-15)12-22-9-1-2-10-22/h1-6,9-10,14H,7-8,11-12H2,(H,19,23). The molecule has 1 aromatic carbocycles. The van der Waals surface area contributed by atoms with Crippen LogP contribution in [-0.2, 0) is 13.1 Å². The molecule has 1 amide bonds. The van der Waals surface area contributed by atoms with Crippen LogP contribution < -0.4 is 5.32 Å². The Morgan fingerprint density at radius 2 is 1.96 bits per heavy atom. The maximum Gasteiger partial charge on any atom is 0.251 e. The van der Waals surface area contributed by atoms with E-state index in [-0.39, 0.29) is 12.5 Å². The Balaban J connectivity index is 1.33. The maximum atomic E-state index is 12.2. The van der Waals surface area contributed by atoms with E-state index in [1.54, 1.807) is 0 Å². The number of hydrogen-bond acceptors (Lipinski definition) is 4. The highest BCUT2D eigenvalue weighted by Gasteiger charge is 2.28. The molecule has 0 bridgehead atoms. The average molecular weight is 322 g/mol. The highest BCUT2D eigenvalue weighted by Crippen LogP contribution is 2.38. The van der Waals surface area contributed by atoms with Crippen LogP contribution in [0.4, 0.5) is 0 Å². The third kappa shape index (κ3) is 3.37. The lowest BCUT2D eigenvalue weighted by molar-refractivity contribution is 0.0946. The Bertz CT molecular complexity index is 817. The summed E-state index contributed by atoms with van der Waals surface area (Å²) in [5.74, 6) is 1.52. The van der Waals surface area contributed by atoms with Crippen LogP contribution in [0.5, 0.6) is 0 Å². The monoisotopic (exact) mass is 322 g/mol. The second-order valence-corrected chi connectivity index (χ2v) is 6.06. The number of rotatable bonds is 6. The Morgan fingerprint density at radius 1 is 1.21 bits per heavy atom. The SMILES string of the molecule is O=C(NCc1nc(C2CC2)no1)c1ccc(Cn2cccc2)cc1. The molecule has 24 heavy (non-hydrogen) atoms. The van der Waals surface area contributed by atoms with Crippen molar-refractivity contribution in [3.63, 3.8) is 0 Å². The Hall–Kier alpha value is -2.89. The minimum absolute atomic E-state index is 0.145. The molecule has 1 fully saturated rings. The van der Waals surface area contributed by atoms with E-state index in [2.05, 4.69) is 20.0 Å². The van der Waals surface area contributed by atoms with Crippen molar-refractivity contribution in [1.29, 1.82) is 0 Å². The summed E-state index contributed by atoms with van der Waals surface area (Å²) < 4.78 is 7.24. The van der Waals surface area contributed by atoms with Crippen molar-refractivity contribution in [3.8, 4) is 0 Å². The number of nitrogens with zero attached hydrogens (tertiary/aromatic N) is 3. The summed E-state index contributed by atoms with van der Waals surface area (Å²) in [4.78, 5) is 16.5. The zero-order valence-corrected chi connectivity index (χ0v) is 13.2. The summed E-state index contributed by atoms with van der Waals surface area (Å²) in [6.07, 6.45) is 6.28. The topological polar surface area (TPSA) is 73.0 Å². The van der Waals surface area contributed by atoms with Gasteiger partial charge in [0.1, 0.15) is 0 Å². The molecule has 3 aromatic rings. The fourth-order valence-electron chi connectivity index (χ4n) is 2.55. The Labute approximate surface area is 139 Å². The van der Waals surface area contributed by atoms with E-state index in [9.17, 15) is 4.79 Å². The van der Waals surface area contributed by atoms with Crippen molar-refractivity contribution in [2.45, 2.75) is 31.8 Å². The van der Waals surface area contributed by atoms with Gasteiger partial charge in [0.15, 0.2) is 5.82 Å². The fraction of sp³-hybridized carbons (Fsp3) is 0.278. The van der Waals surface area contributed by atoms with E-state index >= 15 is 0 Å². The predicted octanol–water partition coefficient (Wildman–Crippen LogP) is 2.73. The molecule has 1 aliphatic carbocycles. The first-order chi connectivity index (χ1) is 11.8. The Kier molecular flexibility index (Phi) is 3.86. The van der Waals surface area contributed by atoms with E-state index in [1.165, 1.54) is 0 Å². The molecule has 0 spiro atoms. The molecule has 2 heterocycles. The second kappa shape index (κ2) is 6.31. The molecule has 0 radical (unpaired) electrons. The normalized spacial score (nSPS) is 13.8. The van der Waals surface area contributed by atoms with Crippen LogP contribution in [0, 0.1) is 0 Å². The zero-order valence-electron chi connectivity index (χ0n) is 13.2. The second-order valence-electron chi connectivity index (χ2n) is 6.06. The molecule has 0 atom stereocenters. The number of carbonyl (C=O) groups excluding carboxylic acids is 1. The van der Waals surface area contributed by atoms with Gasteiger partial charge in [-0.2, -0.15) is 4.98 Å². The van der Waals surface area contributed by atoms with Crippen LogP contribution in [0.1, 0.15) is 46.4 Å². The van der Waals surface area contributed by atoms with Crippen molar-refractivity contribution < 1.29 is 9.32 Å². The number of amides is 1. The fourth-order valence-corrected chi connectivity index (χ4v) is 2.55. The molecule has 2 aromatic heterocycles. The summed E-state index contributed by atoms with van der Waals surface area (Å²) in [5.41, 5.74) is 1.77. The average Bonchev–Trinajstić information content (AvgIpc) is 3.13. The number of aromatic nitrogens is 3. The van der Waals surface area contributed by atoms with Crippen molar-refractivity contribution in [2.24, 2.45) is 0 Å². The molecule has 1 saturated carbocycles. The Morgan fingerprint density at radius 3 is 2.67 bits per heavy atom. The highest BCUT2D eigenvalue weighted by molar-refractivity contribution is 5.94. The van der Waals surface area contributed by atoms with E-state index in [1.807, 2.05) is 48.8 Å². The summed E-state index contributed by atoms with van der Waals surface area (Å²) >= 11 is 0. The zero-order chi connectivity index (χ0) is 16.4. The van der Waals surface area contributed by atoms with Crippen molar-refractivity contribution in [1.82, 2.24) is 20.0 Å². The van der Waals surface area contributed by atoms with Crippen LogP contribution in [0.15, 0.2) is 53.3 Å². The van der Waals surface area contributed by atoms with Crippen LogP contribution >= 0.6 is 0 Å². The van der Waals surface area contributed by atoms with Gasteiger partial charge in [-0.1, -0.05) is 17.3 Å². The molecule has 1 N–H and O–H groups in total. The highest BCUT2D eigenvalue weighted by atomic mass is 16.5. The van der Waals surface area contributed by atoms with Gasteiger partial charge in [0.05, 0.1) is 6.54 Å². The van der Waals surface area contributed by atoms with Crippen LogP contribution in [0.3, 0.4) is 0 Å². The van der Waals surface area contributed by atoms with Gasteiger partial charge in [-0.15, -0.1) is 0 Å². The molecule has 1 aliphatic rings. The first kappa shape index (κ1) is 14.7. The molecular formula is C18H18N4O2. The van der Waals surface area contributed by atoms with Gasteiger partial charge in [0, 0.05) is 30.4 Å². The molecular weight excluding hydrogens is 304 g/mol. The minimum Gasteiger partial charge on any atom is -0.350 e. The molecule has 0 aliphatic heterocycles. The van der Waals surface area contributed by atoms with Gasteiger partial charge in [0.25, 0.3) is 5.91 Å². The van der Waals surface area contributed by atoms with Crippen molar-refractivity contribution >= 4 is 5.91 Å². The smallest absolute Gasteiger partial charge is 0.251 e. The predicted molar refractivity (Wildman–Crippen MR) is 87.4 cm³/mol. The minimum atomic E-state index is -0.145. The first-order valence-electron chi connectivity index (χ1n) is 8.08. The molecule has 4 rings (SSSR count). The molecule has 0 saturated heterocycles. The largest absolute Gasteiger partial charge is 0.350 e. The van der Waals surface area contributed by atoms with Gasteiger partial charge in [0.2, 0.25) is 5.89 Å². The van der Waals surface area contributed by atoms with E-state index in [4.69, 9.17) is 4.52 Å². The van der Waals surface area contributed by atoms with Crippen LogP contribution in [0.25, 0.3) is 0 Å². The number of benzene rings is 1. The quantitative estimate of drug-likeness (QED) is 0.757. The number of nitrogens with one attached hydrogen (secondary N) is 1. The van der Waals surface area contributed by atoms with Gasteiger partial charge in [-0.05, 0) is 42.7 Å². The van der Waals surface area contributed by atoms with Crippen LogP contribution in [0.2, 0.25) is 0 Å². The van der Waals surface area contributed by atoms with E-state index in [0.29, 0.717) is 17.4 Å².